The molecule has 0 bridgehead atoms. The van der Waals surface area contributed by atoms with Crippen molar-refractivity contribution in [1.29, 1.82) is 0 Å². The highest BCUT2D eigenvalue weighted by molar-refractivity contribution is 6.30. The van der Waals surface area contributed by atoms with E-state index < -0.39 is 5.54 Å². The van der Waals surface area contributed by atoms with E-state index in [1.54, 1.807) is 18.9 Å². The second-order valence-electron chi connectivity index (χ2n) is 6.27. The van der Waals surface area contributed by atoms with Gasteiger partial charge in [-0.05, 0) is 60.2 Å². The second kappa shape index (κ2) is 7.84. The summed E-state index contributed by atoms with van der Waals surface area (Å²) < 4.78 is 12.4. The third kappa shape index (κ3) is 3.83. The monoisotopic (exact) mass is 387 g/mol. The number of methoxy groups -OCH3 is 2. The second-order valence-corrected chi connectivity index (χ2v) is 6.71. The van der Waals surface area contributed by atoms with Crippen LogP contribution in [0.2, 0.25) is 5.02 Å². The van der Waals surface area contributed by atoms with E-state index >= 15 is 0 Å². The third-order valence-corrected chi connectivity index (χ3v) is 4.80. The number of halogens is 1. The molecule has 0 aliphatic rings. The van der Waals surface area contributed by atoms with Gasteiger partial charge in [-0.2, -0.15) is 4.68 Å². The smallest absolute Gasteiger partial charge is 0.181 e. The van der Waals surface area contributed by atoms with Crippen LogP contribution in [-0.4, -0.2) is 34.4 Å². The summed E-state index contributed by atoms with van der Waals surface area (Å²) in [5.41, 5.74) is 1.22. The molecule has 1 aromatic heterocycles. The number of nitrogens with one attached hydrogen (secondary N) is 1. The summed E-state index contributed by atoms with van der Waals surface area (Å²) in [4.78, 5) is 0. The van der Waals surface area contributed by atoms with Crippen LogP contribution in [0.25, 0.3) is 5.69 Å². The maximum Gasteiger partial charge on any atom is 0.181 e. The van der Waals surface area contributed by atoms with Crippen molar-refractivity contribution in [2.75, 3.05) is 19.5 Å². The summed E-state index contributed by atoms with van der Waals surface area (Å²) >= 11 is 5.99. The van der Waals surface area contributed by atoms with E-state index in [9.17, 15) is 0 Å². The molecule has 8 heteroatoms. The van der Waals surface area contributed by atoms with Crippen molar-refractivity contribution >= 4 is 17.3 Å². The first-order valence-electron chi connectivity index (χ1n) is 8.55. The van der Waals surface area contributed by atoms with Gasteiger partial charge >= 0.3 is 0 Å². The van der Waals surface area contributed by atoms with E-state index in [-0.39, 0.29) is 0 Å². The molecule has 3 aromatic rings. The van der Waals surface area contributed by atoms with Gasteiger partial charge in [-0.3, -0.25) is 0 Å². The summed E-state index contributed by atoms with van der Waals surface area (Å²) in [5, 5.41) is 16.6. The van der Waals surface area contributed by atoms with Crippen LogP contribution in [0.3, 0.4) is 0 Å². The molecule has 0 aliphatic heterocycles. The number of hydrogen-bond acceptors (Lipinski definition) is 6. The quantitative estimate of drug-likeness (QED) is 0.658. The van der Waals surface area contributed by atoms with Gasteiger partial charge in [0.2, 0.25) is 0 Å². The largest absolute Gasteiger partial charge is 0.493 e. The predicted octanol–water partition coefficient (Wildman–Crippen LogP) is 4.07. The highest BCUT2D eigenvalue weighted by atomic mass is 35.5. The van der Waals surface area contributed by atoms with Crippen LogP contribution in [0.15, 0.2) is 42.5 Å². The van der Waals surface area contributed by atoms with E-state index in [0.717, 1.165) is 17.8 Å². The van der Waals surface area contributed by atoms with Gasteiger partial charge in [-0.25, -0.2) is 0 Å². The lowest BCUT2D eigenvalue weighted by Gasteiger charge is -2.29. The Hall–Kier alpha value is -2.80. The van der Waals surface area contributed by atoms with Crippen molar-refractivity contribution in [2.45, 2.75) is 25.8 Å². The van der Waals surface area contributed by atoms with Crippen molar-refractivity contribution in [3.63, 3.8) is 0 Å². The first-order chi connectivity index (χ1) is 13.0. The Labute approximate surface area is 163 Å². The number of nitrogens with zero attached hydrogens (tertiary/aromatic N) is 4. The van der Waals surface area contributed by atoms with E-state index in [1.807, 2.05) is 42.5 Å². The fourth-order valence-electron chi connectivity index (χ4n) is 2.82. The molecule has 0 aliphatic carbocycles. The Morgan fingerprint density at radius 3 is 2.41 bits per heavy atom. The van der Waals surface area contributed by atoms with Gasteiger partial charge in [0.15, 0.2) is 17.3 Å². The zero-order valence-electron chi connectivity index (χ0n) is 15.7. The van der Waals surface area contributed by atoms with Gasteiger partial charge in [0.1, 0.15) is 0 Å². The molecule has 27 heavy (non-hydrogen) atoms. The lowest BCUT2D eigenvalue weighted by molar-refractivity contribution is 0.354. The van der Waals surface area contributed by atoms with Crippen LogP contribution in [0.5, 0.6) is 11.5 Å². The fourth-order valence-corrected chi connectivity index (χ4v) is 2.94. The highest BCUT2D eigenvalue weighted by Gasteiger charge is 2.31. The van der Waals surface area contributed by atoms with Gasteiger partial charge in [0.05, 0.1) is 25.4 Å². The summed E-state index contributed by atoms with van der Waals surface area (Å²) in [5.74, 6) is 1.95. The van der Waals surface area contributed by atoms with Crippen molar-refractivity contribution < 1.29 is 9.47 Å². The SMILES string of the molecule is CC[C@](C)(Nc1ccc(Cl)cc1)c1nnnn1-c1ccc(OC)c(OC)c1. The average Bonchev–Trinajstić information content (AvgIpc) is 3.19. The van der Waals surface area contributed by atoms with Crippen LogP contribution in [0.1, 0.15) is 26.1 Å². The van der Waals surface area contributed by atoms with Crippen LogP contribution >= 0.6 is 11.6 Å². The molecule has 1 atom stereocenters. The van der Waals surface area contributed by atoms with Crippen LogP contribution in [0, 0.1) is 0 Å². The number of tetrazole rings is 1. The molecule has 0 saturated heterocycles. The van der Waals surface area contributed by atoms with Gasteiger partial charge in [-0.15, -0.1) is 5.10 Å². The first kappa shape index (κ1) is 19.0. The summed E-state index contributed by atoms with van der Waals surface area (Å²) in [6.07, 6.45) is 0.767. The summed E-state index contributed by atoms with van der Waals surface area (Å²) in [6, 6.07) is 13.1. The Bertz CT molecular complexity index is 913. The molecule has 0 spiro atoms. The molecule has 0 saturated carbocycles. The molecule has 0 amide bonds. The van der Waals surface area contributed by atoms with Crippen molar-refractivity contribution in [3.8, 4) is 17.2 Å². The minimum atomic E-state index is -0.496. The number of rotatable bonds is 7. The number of aromatic nitrogens is 4. The molecule has 142 valence electrons. The molecule has 0 radical (unpaired) electrons. The van der Waals surface area contributed by atoms with Crippen LogP contribution in [0.4, 0.5) is 5.69 Å². The van der Waals surface area contributed by atoms with E-state index in [4.69, 9.17) is 21.1 Å². The maximum atomic E-state index is 5.99. The molecule has 1 N–H and O–H groups in total. The minimum Gasteiger partial charge on any atom is -0.493 e. The number of hydrogen-bond donors (Lipinski definition) is 1. The summed E-state index contributed by atoms with van der Waals surface area (Å²) in [7, 11) is 3.20. The van der Waals surface area contributed by atoms with Crippen molar-refractivity contribution in [2.24, 2.45) is 0 Å². The fraction of sp³-hybridized carbons (Fsp3) is 0.316. The lowest BCUT2D eigenvalue weighted by Crippen LogP contribution is -2.34. The molecule has 0 unspecified atom stereocenters. The Morgan fingerprint density at radius 1 is 1.07 bits per heavy atom. The minimum absolute atomic E-state index is 0.496. The molecule has 0 fully saturated rings. The van der Waals surface area contributed by atoms with E-state index in [2.05, 4.69) is 34.7 Å². The van der Waals surface area contributed by atoms with Gasteiger partial charge < -0.3 is 14.8 Å². The third-order valence-electron chi connectivity index (χ3n) is 4.55. The van der Waals surface area contributed by atoms with E-state index in [1.165, 1.54) is 0 Å². The number of benzene rings is 2. The summed E-state index contributed by atoms with van der Waals surface area (Å²) in [6.45, 7) is 4.14. The molecule has 1 heterocycles. The molecular formula is C19H22ClN5O2. The maximum absolute atomic E-state index is 5.99. The molecule has 3 rings (SSSR count). The standard InChI is InChI=1S/C19H22ClN5O2/c1-5-19(2,21-14-8-6-13(20)7-9-14)18-22-23-24-25(18)15-10-11-16(26-3)17(12-15)27-4/h6-12,21H,5H2,1-4H3/t19-/m0/s1. The topological polar surface area (TPSA) is 74.1 Å². The van der Waals surface area contributed by atoms with Crippen molar-refractivity contribution in [1.82, 2.24) is 20.2 Å². The van der Waals surface area contributed by atoms with Crippen molar-refractivity contribution in [3.05, 3.63) is 53.3 Å². The van der Waals surface area contributed by atoms with E-state index in [0.29, 0.717) is 22.3 Å². The Morgan fingerprint density at radius 2 is 1.78 bits per heavy atom. The van der Waals surface area contributed by atoms with Gasteiger partial charge in [0.25, 0.3) is 0 Å². The lowest BCUT2D eigenvalue weighted by atomic mass is 9.97. The Kier molecular flexibility index (Phi) is 5.51. The molecule has 2 aromatic carbocycles. The van der Waals surface area contributed by atoms with Crippen LogP contribution in [-0.2, 0) is 5.54 Å². The average molecular weight is 388 g/mol. The normalized spacial score (nSPS) is 13.1. The Balaban J connectivity index is 2.00. The number of anilines is 1. The zero-order valence-corrected chi connectivity index (χ0v) is 16.5. The first-order valence-corrected chi connectivity index (χ1v) is 8.93. The van der Waals surface area contributed by atoms with Gasteiger partial charge in [0, 0.05) is 16.8 Å². The van der Waals surface area contributed by atoms with Crippen LogP contribution < -0.4 is 14.8 Å². The zero-order chi connectivity index (χ0) is 19.4. The van der Waals surface area contributed by atoms with Gasteiger partial charge in [-0.1, -0.05) is 18.5 Å². The predicted molar refractivity (Wildman–Crippen MR) is 105 cm³/mol. The molecule has 7 nitrogen and oxygen atoms in total. The molecular weight excluding hydrogens is 366 g/mol. The highest BCUT2D eigenvalue weighted by Crippen LogP contribution is 2.32. The number of ether oxygens (including phenoxy) is 2.